The fraction of sp³-hybridized carbons (Fsp3) is 0.250. The zero-order valence-electron chi connectivity index (χ0n) is 9.67. The van der Waals surface area contributed by atoms with E-state index in [1.54, 1.807) is 19.6 Å². The number of nitrogens with two attached hydrogens (primary N) is 1. The van der Waals surface area contributed by atoms with E-state index in [0.717, 1.165) is 18.0 Å². The summed E-state index contributed by atoms with van der Waals surface area (Å²) in [4.78, 5) is 4.08. The summed E-state index contributed by atoms with van der Waals surface area (Å²) in [7, 11) is 1.67. The van der Waals surface area contributed by atoms with Crippen LogP contribution in [-0.4, -0.2) is 16.7 Å². The molecule has 2 rings (SSSR count). The number of methoxy groups -OCH3 is 1. The highest BCUT2D eigenvalue weighted by atomic mass is 35.5. The minimum Gasteiger partial charge on any atom is -0.497 e. The summed E-state index contributed by atoms with van der Waals surface area (Å²) >= 11 is 0. The number of nitrogens with zero attached hydrogens (tertiary/aromatic N) is 2. The van der Waals surface area contributed by atoms with Gasteiger partial charge in [-0.1, -0.05) is 12.1 Å². The molecule has 0 unspecified atom stereocenters. The highest BCUT2D eigenvalue weighted by molar-refractivity contribution is 5.85. The van der Waals surface area contributed by atoms with E-state index in [1.807, 2.05) is 22.8 Å². The van der Waals surface area contributed by atoms with Crippen LogP contribution in [0.4, 0.5) is 0 Å². The lowest BCUT2D eigenvalue weighted by atomic mass is 10.2. The van der Waals surface area contributed by atoms with Crippen molar-refractivity contribution in [3.05, 3.63) is 48.0 Å². The van der Waals surface area contributed by atoms with Gasteiger partial charge in [-0.2, -0.15) is 0 Å². The van der Waals surface area contributed by atoms with Crippen molar-refractivity contribution in [1.29, 1.82) is 0 Å². The van der Waals surface area contributed by atoms with Gasteiger partial charge >= 0.3 is 0 Å². The van der Waals surface area contributed by atoms with Gasteiger partial charge in [-0.3, -0.25) is 0 Å². The quantitative estimate of drug-likeness (QED) is 0.904. The Kier molecular flexibility index (Phi) is 5.00. The maximum absolute atomic E-state index is 5.62. The SMILES string of the molecule is COc1cccc(Cn2cncc2CN)c1.Cl. The molecule has 0 aliphatic carbocycles. The predicted octanol–water partition coefficient (Wildman–Crippen LogP) is 1.82. The Balaban J connectivity index is 0.00000144. The molecule has 0 atom stereocenters. The molecule has 0 saturated carbocycles. The Labute approximate surface area is 107 Å². The molecule has 0 bridgehead atoms. The molecule has 0 aliphatic rings. The predicted molar refractivity (Wildman–Crippen MR) is 69.5 cm³/mol. The second kappa shape index (κ2) is 6.27. The topological polar surface area (TPSA) is 53.1 Å². The average molecular weight is 254 g/mol. The number of ether oxygens (including phenoxy) is 1. The lowest BCUT2D eigenvalue weighted by molar-refractivity contribution is 0.414. The maximum atomic E-state index is 5.62. The summed E-state index contributed by atoms with van der Waals surface area (Å²) in [6.07, 6.45) is 3.59. The van der Waals surface area contributed by atoms with Crippen LogP contribution in [0.1, 0.15) is 11.3 Å². The third-order valence-electron chi connectivity index (χ3n) is 2.49. The Morgan fingerprint density at radius 2 is 2.24 bits per heavy atom. The van der Waals surface area contributed by atoms with Crippen molar-refractivity contribution in [1.82, 2.24) is 9.55 Å². The molecule has 0 radical (unpaired) electrons. The van der Waals surface area contributed by atoms with Gasteiger partial charge in [0.15, 0.2) is 0 Å². The Hall–Kier alpha value is -1.52. The maximum Gasteiger partial charge on any atom is 0.119 e. The van der Waals surface area contributed by atoms with E-state index in [1.165, 1.54) is 5.56 Å². The first-order chi connectivity index (χ1) is 7.83. The standard InChI is InChI=1S/C12H15N3O.ClH/c1-16-12-4-2-3-10(5-12)8-15-9-14-7-11(15)6-13;/h2-5,7,9H,6,8,13H2,1H3;1H. The van der Waals surface area contributed by atoms with Gasteiger partial charge in [-0.15, -0.1) is 12.4 Å². The van der Waals surface area contributed by atoms with E-state index >= 15 is 0 Å². The number of aromatic nitrogens is 2. The summed E-state index contributed by atoms with van der Waals surface area (Å²) in [5.41, 5.74) is 7.82. The van der Waals surface area contributed by atoms with Crippen LogP contribution in [0.2, 0.25) is 0 Å². The van der Waals surface area contributed by atoms with Crippen LogP contribution in [0, 0.1) is 0 Å². The van der Waals surface area contributed by atoms with Gasteiger partial charge in [0.25, 0.3) is 0 Å². The lowest BCUT2D eigenvalue weighted by Crippen LogP contribution is -2.07. The molecule has 1 aromatic heterocycles. The molecule has 17 heavy (non-hydrogen) atoms. The van der Waals surface area contributed by atoms with Gasteiger partial charge in [0, 0.05) is 19.3 Å². The summed E-state index contributed by atoms with van der Waals surface area (Å²) in [5.74, 6) is 0.868. The molecule has 92 valence electrons. The monoisotopic (exact) mass is 253 g/mol. The Morgan fingerprint density at radius 1 is 1.41 bits per heavy atom. The molecule has 0 spiro atoms. The van der Waals surface area contributed by atoms with Gasteiger partial charge in [-0.05, 0) is 17.7 Å². The van der Waals surface area contributed by atoms with Crippen LogP contribution in [0.25, 0.3) is 0 Å². The molecular weight excluding hydrogens is 238 g/mol. The third kappa shape index (κ3) is 3.22. The van der Waals surface area contributed by atoms with E-state index in [-0.39, 0.29) is 12.4 Å². The fourth-order valence-corrected chi connectivity index (χ4v) is 1.63. The van der Waals surface area contributed by atoms with E-state index < -0.39 is 0 Å². The first-order valence-corrected chi connectivity index (χ1v) is 5.15. The van der Waals surface area contributed by atoms with Crippen molar-refractivity contribution in [3.63, 3.8) is 0 Å². The summed E-state index contributed by atoms with van der Waals surface area (Å²) in [6.45, 7) is 1.27. The highest BCUT2D eigenvalue weighted by Gasteiger charge is 2.01. The number of hydrogen-bond donors (Lipinski definition) is 1. The van der Waals surface area contributed by atoms with Crippen molar-refractivity contribution < 1.29 is 4.74 Å². The van der Waals surface area contributed by atoms with Crippen LogP contribution in [0.15, 0.2) is 36.8 Å². The van der Waals surface area contributed by atoms with Gasteiger partial charge in [0.05, 0.1) is 19.1 Å². The van der Waals surface area contributed by atoms with Crippen LogP contribution in [-0.2, 0) is 13.1 Å². The van der Waals surface area contributed by atoms with Crippen molar-refractivity contribution in [2.45, 2.75) is 13.1 Å². The van der Waals surface area contributed by atoms with Crippen molar-refractivity contribution in [2.24, 2.45) is 5.73 Å². The number of imidazole rings is 1. The van der Waals surface area contributed by atoms with E-state index in [0.29, 0.717) is 6.54 Å². The Bertz CT molecular complexity index is 470. The van der Waals surface area contributed by atoms with E-state index in [4.69, 9.17) is 10.5 Å². The molecule has 4 nitrogen and oxygen atoms in total. The smallest absolute Gasteiger partial charge is 0.119 e. The molecule has 0 aliphatic heterocycles. The number of benzene rings is 1. The summed E-state index contributed by atoms with van der Waals surface area (Å²) in [5, 5.41) is 0. The van der Waals surface area contributed by atoms with Crippen LogP contribution >= 0.6 is 12.4 Å². The van der Waals surface area contributed by atoms with Gasteiger partial charge < -0.3 is 15.0 Å². The molecule has 0 saturated heterocycles. The first kappa shape index (κ1) is 13.5. The van der Waals surface area contributed by atoms with Crippen molar-refractivity contribution >= 4 is 12.4 Å². The van der Waals surface area contributed by atoms with E-state index in [9.17, 15) is 0 Å². The molecule has 5 heteroatoms. The second-order valence-corrected chi connectivity index (χ2v) is 3.57. The van der Waals surface area contributed by atoms with Gasteiger partial charge in [-0.25, -0.2) is 4.98 Å². The van der Waals surface area contributed by atoms with Crippen molar-refractivity contribution in [3.8, 4) is 5.75 Å². The van der Waals surface area contributed by atoms with Crippen molar-refractivity contribution in [2.75, 3.05) is 7.11 Å². The number of halogens is 1. The number of rotatable bonds is 4. The zero-order valence-corrected chi connectivity index (χ0v) is 10.5. The Morgan fingerprint density at radius 3 is 2.94 bits per heavy atom. The second-order valence-electron chi connectivity index (χ2n) is 3.57. The average Bonchev–Trinajstić information content (AvgIpc) is 2.76. The minimum atomic E-state index is 0. The molecule has 2 N–H and O–H groups in total. The minimum absolute atomic E-state index is 0. The number of hydrogen-bond acceptors (Lipinski definition) is 3. The molecular formula is C12H16ClN3O. The largest absolute Gasteiger partial charge is 0.497 e. The van der Waals surface area contributed by atoms with Crippen LogP contribution in [0.5, 0.6) is 5.75 Å². The molecule has 1 heterocycles. The molecule has 0 amide bonds. The van der Waals surface area contributed by atoms with Crippen LogP contribution < -0.4 is 10.5 Å². The zero-order chi connectivity index (χ0) is 11.4. The summed E-state index contributed by atoms with van der Waals surface area (Å²) in [6, 6.07) is 7.98. The molecule has 0 fully saturated rings. The first-order valence-electron chi connectivity index (χ1n) is 5.15. The third-order valence-corrected chi connectivity index (χ3v) is 2.49. The lowest BCUT2D eigenvalue weighted by Gasteiger charge is -2.08. The van der Waals surface area contributed by atoms with Gasteiger partial charge in [0.2, 0.25) is 0 Å². The van der Waals surface area contributed by atoms with E-state index in [2.05, 4.69) is 11.1 Å². The fourth-order valence-electron chi connectivity index (χ4n) is 1.63. The summed E-state index contributed by atoms with van der Waals surface area (Å²) < 4.78 is 7.22. The van der Waals surface area contributed by atoms with Crippen LogP contribution in [0.3, 0.4) is 0 Å². The normalized spacial score (nSPS) is 9.76. The molecule has 2 aromatic rings. The highest BCUT2D eigenvalue weighted by Crippen LogP contribution is 2.14. The molecule has 1 aromatic carbocycles. The van der Waals surface area contributed by atoms with Gasteiger partial charge in [0.1, 0.15) is 5.75 Å².